The molecule has 0 unspecified atom stereocenters. The minimum absolute atomic E-state index is 0.321. The van der Waals surface area contributed by atoms with Crippen LogP contribution in [0.25, 0.3) is 0 Å². The summed E-state index contributed by atoms with van der Waals surface area (Å²) in [6, 6.07) is 2.49. The van der Waals surface area contributed by atoms with Crippen molar-refractivity contribution in [3.05, 3.63) is 21.9 Å². The van der Waals surface area contributed by atoms with Gasteiger partial charge in [-0.05, 0) is 42.7 Å². The summed E-state index contributed by atoms with van der Waals surface area (Å²) in [5.74, 6) is 0.781. The maximum Gasteiger partial charge on any atom is 0.0334 e. The Morgan fingerprint density at radius 2 is 2.36 bits per heavy atom. The van der Waals surface area contributed by atoms with Crippen LogP contribution >= 0.6 is 11.3 Å². The molecule has 0 bridgehead atoms. The standard InChI is InChI=1S/C9H13NS/c1-6-8(4-5-11-6)9(10)7-2-3-7/h4-5,7,9H,2-3,10H2,1H3/t9-/m1/s1. The molecule has 60 valence electrons. The molecule has 1 atom stereocenters. The number of rotatable bonds is 2. The molecular weight excluding hydrogens is 154 g/mol. The second-order valence-electron chi connectivity index (χ2n) is 3.30. The fourth-order valence-electron chi connectivity index (χ4n) is 1.45. The van der Waals surface area contributed by atoms with Crippen LogP contribution in [0.3, 0.4) is 0 Å². The number of nitrogens with two attached hydrogens (primary N) is 1. The van der Waals surface area contributed by atoms with E-state index in [1.807, 2.05) is 0 Å². The van der Waals surface area contributed by atoms with Gasteiger partial charge in [0.2, 0.25) is 0 Å². The zero-order valence-electron chi connectivity index (χ0n) is 6.71. The first-order valence-electron chi connectivity index (χ1n) is 4.08. The smallest absolute Gasteiger partial charge is 0.0334 e. The first-order chi connectivity index (χ1) is 5.29. The third-order valence-corrected chi connectivity index (χ3v) is 3.25. The zero-order valence-corrected chi connectivity index (χ0v) is 7.53. The first kappa shape index (κ1) is 7.32. The summed E-state index contributed by atoms with van der Waals surface area (Å²) < 4.78 is 0. The van der Waals surface area contributed by atoms with Crippen molar-refractivity contribution in [2.24, 2.45) is 11.7 Å². The van der Waals surface area contributed by atoms with Gasteiger partial charge >= 0.3 is 0 Å². The third-order valence-electron chi connectivity index (χ3n) is 2.39. The fraction of sp³-hybridized carbons (Fsp3) is 0.556. The van der Waals surface area contributed by atoms with Gasteiger partial charge in [-0.15, -0.1) is 11.3 Å². The minimum atomic E-state index is 0.321. The summed E-state index contributed by atoms with van der Waals surface area (Å²) in [7, 11) is 0. The lowest BCUT2D eigenvalue weighted by Crippen LogP contribution is -2.12. The molecule has 0 saturated heterocycles. The highest BCUT2D eigenvalue weighted by atomic mass is 32.1. The van der Waals surface area contributed by atoms with Crippen molar-refractivity contribution in [3.63, 3.8) is 0 Å². The van der Waals surface area contributed by atoms with Crippen LogP contribution in [0.4, 0.5) is 0 Å². The van der Waals surface area contributed by atoms with Crippen molar-refractivity contribution in [2.45, 2.75) is 25.8 Å². The summed E-state index contributed by atoms with van der Waals surface area (Å²) in [5.41, 5.74) is 7.42. The largest absolute Gasteiger partial charge is 0.324 e. The van der Waals surface area contributed by atoms with Crippen molar-refractivity contribution < 1.29 is 0 Å². The van der Waals surface area contributed by atoms with Crippen molar-refractivity contribution >= 4 is 11.3 Å². The Morgan fingerprint density at radius 1 is 1.64 bits per heavy atom. The lowest BCUT2D eigenvalue weighted by atomic mass is 10.1. The molecule has 2 heteroatoms. The van der Waals surface area contributed by atoms with Crippen LogP contribution in [0.5, 0.6) is 0 Å². The van der Waals surface area contributed by atoms with Gasteiger partial charge < -0.3 is 5.73 Å². The van der Waals surface area contributed by atoms with Gasteiger partial charge in [-0.3, -0.25) is 0 Å². The highest BCUT2D eigenvalue weighted by Crippen LogP contribution is 2.40. The van der Waals surface area contributed by atoms with Crippen LogP contribution in [-0.2, 0) is 0 Å². The van der Waals surface area contributed by atoms with Gasteiger partial charge in [0.25, 0.3) is 0 Å². The highest BCUT2D eigenvalue weighted by molar-refractivity contribution is 7.10. The quantitative estimate of drug-likeness (QED) is 0.719. The molecule has 0 spiro atoms. The van der Waals surface area contributed by atoms with Crippen LogP contribution in [0.15, 0.2) is 11.4 Å². The van der Waals surface area contributed by atoms with Crippen molar-refractivity contribution in [2.75, 3.05) is 0 Å². The average Bonchev–Trinajstić information content (AvgIpc) is 2.74. The van der Waals surface area contributed by atoms with Crippen molar-refractivity contribution in [1.29, 1.82) is 0 Å². The van der Waals surface area contributed by atoms with Gasteiger partial charge in [-0.1, -0.05) is 0 Å². The topological polar surface area (TPSA) is 26.0 Å². The van der Waals surface area contributed by atoms with E-state index in [-0.39, 0.29) is 0 Å². The molecule has 1 saturated carbocycles. The molecule has 1 aliphatic rings. The molecule has 1 aromatic heterocycles. The Bertz CT molecular complexity index is 250. The van der Waals surface area contributed by atoms with Crippen LogP contribution < -0.4 is 5.73 Å². The van der Waals surface area contributed by atoms with Gasteiger partial charge in [0.1, 0.15) is 0 Å². The second kappa shape index (κ2) is 2.61. The molecule has 0 amide bonds. The highest BCUT2D eigenvalue weighted by Gasteiger charge is 2.30. The maximum absolute atomic E-state index is 6.05. The normalized spacial score (nSPS) is 20.2. The number of hydrogen-bond acceptors (Lipinski definition) is 2. The molecule has 1 heterocycles. The molecule has 2 N–H and O–H groups in total. The van der Waals surface area contributed by atoms with Crippen molar-refractivity contribution in [3.8, 4) is 0 Å². The Kier molecular flexibility index (Phi) is 1.74. The van der Waals surface area contributed by atoms with Gasteiger partial charge in [0.05, 0.1) is 0 Å². The second-order valence-corrected chi connectivity index (χ2v) is 4.42. The van der Waals surface area contributed by atoms with Gasteiger partial charge in [-0.25, -0.2) is 0 Å². The maximum atomic E-state index is 6.05. The Morgan fingerprint density at radius 3 is 2.82 bits per heavy atom. The van der Waals surface area contributed by atoms with E-state index in [9.17, 15) is 0 Å². The van der Waals surface area contributed by atoms with E-state index < -0.39 is 0 Å². The van der Waals surface area contributed by atoms with Gasteiger partial charge in [0, 0.05) is 10.9 Å². The molecule has 1 nitrogen and oxygen atoms in total. The first-order valence-corrected chi connectivity index (χ1v) is 4.96. The molecule has 1 aliphatic carbocycles. The predicted octanol–water partition coefficient (Wildman–Crippen LogP) is 2.47. The van der Waals surface area contributed by atoms with Gasteiger partial charge in [-0.2, -0.15) is 0 Å². The van der Waals surface area contributed by atoms with Gasteiger partial charge in [0.15, 0.2) is 0 Å². The summed E-state index contributed by atoms with van der Waals surface area (Å²) in [6.45, 7) is 2.15. The Balaban J connectivity index is 2.20. The van der Waals surface area contributed by atoms with E-state index in [0.717, 1.165) is 5.92 Å². The third kappa shape index (κ3) is 1.33. The number of aryl methyl sites for hydroxylation is 1. The fourth-order valence-corrected chi connectivity index (χ4v) is 2.21. The van der Waals surface area contributed by atoms with E-state index in [0.29, 0.717) is 6.04 Å². The molecule has 11 heavy (non-hydrogen) atoms. The SMILES string of the molecule is Cc1sccc1[C@H](N)C1CC1. The molecule has 0 aromatic carbocycles. The Hall–Kier alpha value is -0.340. The number of thiophene rings is 1. The summed E-state index contributed by atoms with van der Waals surface area (Å²) in [4.78, 5) is 1.39. The molecule has 1 aromatic rings. The van der Waals surface area contributed by atoms with E-state index >= 15 is 0 Å². The predicted molar refractivity (Wildman–Crippen MR) is 48.7 cm³/mol. The van der Waals surface area contributed by atoms with Crippen LogP contribution in [0.2, 0.25) is 0 Å². The van der Waals surface area contributed by atoms with Crippen molar-refractivity contribution in [1.82, 2.24) is 0 Å². The van der Waals surface area contributed by atoms with Crippen LogP contribution in [-0.4, -0.2) is 0 Å². The van der Waals surface area contributed by atoms with E-state index in [2.05, 4.69) is 18.4 Å². The molecule has 1 fully saturated rings. The van der Waals surface area contributed by atoms with E-state index in [1.54, 1.807) is 11.3 Å². The lowest BCUT2D eigenvalue weighted by Gasteiger charge is -2.08. The minimum Gasteiger partial charge on any atom is -0.324 e. The zero-order chi connectivity index (χ0) is 7.84. The summed E-state index contributed by atoms with van der Waals surface area (Å²) >= 11 is 1.80. The molecule has 0 radical (unpaired) electrons. The number of hydrogen-bond donors (Lipinski definition) is 1. The summed E-state index contributed by atoms with van der Waals surface area (Å²) in [5, 5.41) is 2.13. The van der Waals surface area contributed by atoms with Crippen LogP contribution in [0, 0.1) is 12.8 Å². The van der Waals surface area contributed by atoms with Crippen LogP contribution in [0.1, 0.15) is 29.3 Å². The molecule has 0 aliphatic heterocycles. The average molecular weight is 167 g/mol. The molecule has 2 rings (SSSR count). The molecular formula is C9H13NS. The lowest BCUT2D eigenvalue weighted by molar-refractivity contribution is 0.633. The van der Waals surface area contributed by atoms with E-state index in [4.69, 9.17) is 5.73 Å². The monoisotopic (exact) mass is 167 g/mol. The Labute approximate surface area is 71.2 Å². The van der Waals surface area contributed by atoms with E-state index in [1.165, 1.54) is 23.3 Å². The summed E-state index contributed by atoms with van der Waals surface area (Å²) in [6.07, 6.45) is 2.66.